The maximum atomic E-state index is 12.3. The lowest BCUT2D eigenvalue weighted by molar-refractivity contribution is 0.0953. The smallest absolute Gasteiger partial charge is 0.252 e. The monoisotopic (exact) mass is 456 g/mol. The Hall–Kier alpha value is -3.67. The molecule has 0 spiro atoms. The normalized spacial score (nSPS) is 11.1. The van der Waals surface area contributed by atoms with Gasteiger partial charge in [0.2, 0.25) is 0 Å². The van der Waals surface area contributed by atoms with Crippen molar-refractivity contribution in [3.8, 4) is 5.75 Å². The minimum atomic E-state index is -0.116. The number of imidazole rings is 1. The SMILES string of the molecule is CC(C)c1ccccc1OCCCCn1c(CCNC(=O)c2cccnc2)nc2ccccc21. The molecule has 2 aromatic carbocycles. The molecule has 1 N–H and O–H groups in total. The lowest BCUT2D eigenvalue weighted by Crippen LogP contribution is -2.26. The number of carbonyl (C=O) groups excluding carboxylic acids is 1. The molecule has 0 aliphatic rings. The molecule has 2 aromatic heterocycles. The van der Waals surface area contributed by atoms with Crippen LogP contribution in [0.1, 0.15) is 54.4 Å². The van der Waals surface area contributed by atoms with Crippen LogP contribution in [-0.4, -0.2) is 33.6 Å². The van der Waals surface area contributed by atoms with Gasteiger partial charge in [0.15, 0.2) is 0 Å². The number of carbonyl (C=O) groups is 1. The highest BCUT2D eigenvalue weighted by atomic mass is 16.5. The molecule has 0 radical (unpaired) electrons. The summed E-state index contributed by atoms with van der Waals surface area (Å²) in [5.41, 5.74) is 3.93. The van der Waals surface area contributed by atoms with Crippen LogP contribution in [0.15, 0.2) is 73.1 Å². The Labute approximate surface area is 201 Å². The highest BCUT2D eigenvalue weighted by molar-refractivity contribution is 5.93. The lowest BCUT2D eigenvalue weighted by atomic mass is 10.0. The number of amides is 1. The zero-order valence-corrected chi connectivity index (χ0v) is 19.9. The molecule has 0 aliphatic carbocycles. The number of benzene rings is 2. The van der Waals surface area contributed by atoms with Crippen LogP contribution in [0.4, 0.5) is 0 Å². The fraction of sp³-hybridized carbons (Fsp3) is 0.321. The van der Waals surface area contributed by atoms with Crippen molar-refractivity contribution >= 4 is 16.9 Å². The van der Waals surface area contributed by atoms with E-state index in [4.69, 9.17) is 9.72 Å². The number of nitrogens with zero attached hydrogens (tertiary/aromatic N) is 3. The topological polar surface area (TPSA) is 69.0 Å². The average Bonchev–Trinajstić information content (AvgIpc) is 3.21. The van der Waals surface area contributed by atoms with E-state index in [1.54, 1.807) is 24.5 Å². The van der Waals surface area contributed by atoms with Gasteiger partial charge in [0.05, 0.1) is 23.2 Å². The summed E-state index contributed by atoms with van der Waals surface area (Å²) < 4.78 is 8.36. The van der Waals surface area contributed by atoms with Crippen LogP contribution in [0.3, 0.4) is 0 Å². The highest BCUT2D eigenvalue weighted by Gasteiger charge is 2.12. The van der Waals surface area contributed by atoms with Gasteiger partial charge in [-0.05, 0) is 54.7 Å². The van der Waals surface area contributed by atoms with Crippen molar-refractivity contribution in [2.24, 2.45) is 0 Å². The first kappa shape index (κ1) is 23.5. The van der Waals surface area contributed by atoms with Gasteiger partial charge in [-0.3, -0.25) is 9.78 Å². The van der Waals surface area contributed by atoms with E-state index in [0.717, 1.165) is 42.0 Å². The highest BCUT2D eigenvalue weighted by Crippen LogP contribution is 2.26. The molecular weight excluding hydrogens is 424 g/mol. The van der Waals surface area contributed by atoms with Crippen molar-refractivity contribution in [3.63, 3.8) is 0 Å². The largest absolute Gasteiger partial charge is 0.493 e. The van der Waals surface area contributed by atoms with Gasteiger partial charge in [-0.25, -0.2) is 4.98 Å². The zero-order chi connectivity index (χ0) is 23.8. The quantitative estimate of drug-likeness (QED) is 0.307. The van der Waals surface area contributed by atoms with Gasteiger partial charge in [0.25, 0.3) is 5.91 Å². The van der Waals surface area contributed by atoms with Gasteiger partial charge in [0.1, 0.15) is 11.6 Å². The number of hydrogen-bond acceptors (Lipinski definition) is 4. The molecule has 0 unspecified atom stereocenters. The first-order chi connectivity index (χ1) is 16.6. The molecule has 0 saturated carbocycles. The summed E-state index contributed by atoms with van der Waals surface area (Å²) in [4.78, 5) is 21.2. The van der Waals surface area contributed by atoms with Crippen molar-refractivity contribution in [1.82, 2.24) is 19.9 Å². The first-order valence-corrected chi connectivity index (χ1v) is 12.0. The summed E-state index contributed by atoms with van der Waals surface area (Å²) in [7, 11) is 0. The first-order valence-electron chi connectivity index (χ1n) is 12.0. The van der Waals surface area contributed by atoms with E-state index in [9.17, 15) is 4.79 Å². The van der Waals surface area contributed by atoms with E-state index in [1.165, 1.54) is 5.56 Å². The Kier molecular flexibility index (Phi) is 7.91. The third-order valence-corrected chi connectivity index (χ3v) is 5.87. The number of fused-ring (bicyclic) bond motifs is 1. The molecule has 0 atom stereocenters. The van der Waals surface area contributed by atoms with Gasteiger partial charge < -0.3 is 14.6 Å². The van der Waals surface area contributed by atoms with Crippen LogP contribution < -0.4 is 10.1 Å². The Morgan fingerprint density at radius 1 is 1.03 bits per heavy atom. The van der Waals surface area contributed by atoms with Gasteiger partial charge in [-0.2, -0.15) is 0 Å². The molecular formula is C28H32N4O2. The van der Waals surface area contributed by atoms with E-state index in [1.807, 2.05) is 24.3 Å². The molecule has 4 rings (SSSR count). The molecule has 6 heteroatoms. The van der Waals surface area contributed by atoms with E-state index >= 15 is 0 Å². The number of nitrogens with one attached hydrogen (secondary N) is 1. The van der Waals surface area contributed by atoms with Gasteiger partial charge in [-0.15, -0.1) is 0 Å². The predicted octanol–water partition coefficient (Wildman–Crippen LogP) is 5.39. The van der Waals surface area contributed by atoms with Gasteiger partial charge in [0, 0.05) is 31.9 Å². The van der Waals surface area contributed by atoms with Crippen molar-refractivity contribution in [2.75, 3.05) is 13.2 Å². The lowest BCUT2D eigenvalue weighted by Gasteiger charge is -2.14. The molecule has 176 valence electrons. The molecule has 0 aliphatic heterocycles. The fourth-order valence-electron chi connectivity index (χ4n) is 4.10. The number of para-hydroxylation sites is 3. The van der Waals surface area contributed by atoms with Crippen LogP contribution in [0.5, 0.6) is 5.75 Å². The number of aryl methyl sites for hydroxylation is 1. The molecule has 0 bridgehead atoms. The summed E-state index contributed by atoms with van der Waals surface area (Å²) >= 11 is 0. The average molecular weight is 457 g/mol. The zero-order valence-electron chi connectivity index (χ0n) is 19.9. The standard InChI is InChI=1S/C28H32N4O2/c1-21(2)23-11-3-6-14-26(23)34-19-8-7-18-32-25-13-5-4-12-24(25)31-27(32)15-17-30-28(33)22-10-9-16-29-20-22/h3-6,9-14,16,20-21H,7-8,15,17-19H2,1-2H3,(H,30,33). The number of ether oxygens (including phenoxy) is 1. The van der Waals surface area contributed by atoms with Gasteiger partial charge >= 0.3 is 0 Å². The van der Waals surface area contributed by atoms with Crippen LogP contribution in [0.2, 0.25) is 0 Å². The molecule has 2 heterocycles. The summed E-state index contributed by atoms with van der Waals surface area (Å²) in [6.45, 7) is 6.45. The molecule has 0 fully saturated rings. The maximum Gasteiger partial charge on any atom is 0.252 e. The Bertz CT molecular complexity index is 1220. The van der Waals surface area contributed by atoms with Crippen LogP contribution in [-0.2, 0) is 13.0 Å². The third kappa shape index (κ3) is 5.81. The van der Waals surface area contributed by atoms with E-state index in [2.05, 4.69) is 53.0 Å². The van der Waals surface area contributed by atoms with Crippen LogP contribution in [0, 0.1) is 0 Å². The van der Waals surface area contributed by atoms with Crippen molar-refractivity contribution in [2.45, 2.75) is 45.6 Å². The van der Waals surface area contributed by atoms with Crippen LogP contribution in [0.25, 0.3) is 11.0 Å². The molecule has 4 aromatic rings. The van der Waals surface area contributed by atoms with E-state index in [0.29, 0.717) is 31.1 Å². The van der Waals surface area contributed by atoms with E-state index in [-0.39, 0.29) is 5.91 Å². The second-order valence-electron chi connectivity index (χ2n) is 8.66. The summed E-state index contributed by atoms with van der Waals surface area (Å²) in [6, 6.07) is 20.0. The molecule has 6 nitrogen and oxygen atoms in total. The summed E-state index contributed by atoms with van der Waals surface area (Å²) in [6.07, 6.45) is 5.84. The Morgan fingerprint density at radius 2 is 1.85 bits per heavy atom. The maximum absolute atomic E-state index is 12.3. The summed E-state index contributed by atoms with van der Waals surface area (Å²) in [5, 5.41) is 2.98. The van der Waals surface area contributed by atoms with E-state index < -0.39 is 0 Å². The Balaban J connectivity index is 1.33. The summed E-state index contributed by atoms with van der Waals surface area (Å²) in [5.74, 6) is 2.29. The van der Waals surface area contributed by atoms with Gasteiger partial charge in [-0.1, -0.05) is 44.2 Å². The minimum Gasteiger partial charge on any atom is -0.493 e. The fourth-order valence-corrected chi connectivity index (χ4v) is 4.10. The minimum absolute atomic E-state index is 0.116. The van der Waals surface area contributed by atoms with Crippen LogP contribution >= 0.6 is 0 Å². The number of hydrogen-bond donors (Lipinski definition) is 1. The van der Waals surface area contributed by atoms with Crippen molar-refractivity contribution in [3.05, 3.63) is 90.0 Å². The number of aromatic nitrogens is 3. The van der Waals surface area contributed by atoms with Crippen molar-refractivity contribution in [1.29, 1.82) is 0 Å². The molecule has 1 amide bonds. The second kappa shape index (κ2) is 11.5. The second-order valence-corrected chi connectivity index (χ2v) is 8.66. The Morgan fingerprint density at radius 3 is 2.68 bits per heavy atom. The predicted molar refractivity (Wildman–Crippen MR) is 135 cm³/mol. The number of unbranched alkanes of at least 4 members (excludes halogenated alkanes) is 1. The third-order valence-electron chi connectivity index (χ3n) is 5.87. The number of rotatable bonds is 11. The number of pyridine rings is 1. The molecule has 0 saturated heterocycles. The van der Waals surface area contributed by atoms with Crippen molar-refractivity contribution < 1.29 is 9.53 Å². The molecule has 34 heavy (non-hydrogen) atoms.